The number of H-pyrrole nitrogens is 1. The Morgan fingerprint density at radius 1 is 1.08 bits per heavy atom. The minimum atomic E-state index is 0.676. The summed E-state index contributed by atoms with van der Waals surface area (Å²) in [5, 5.41) is 4.37. The van der Waals surface area contributed by atoms with E-state index in [2.05, 4.69) is 25.3 Å². The van der Waals surface area contributed by atoms with Crippen molar-refractivity contribution >= 4 is 16.9 Å². The second-order valence-corrected chi connectivity index (χ2v) is 5.59. The van der Waals surface area contributed by atoms with Crippen molar-refractivity contribution in [3.63, 3.8) is 0 Å². The Morgan fingerprint density at radius 2 is 1.96 bits per heavy atom. The molecule has 0 saturated heterocycles. The molecule has 1 aromatic carbocycles. The number of rotatable bonds is 5. The first-order valence-corrected chi connectivity index (χ1v) is 7.95. The highest BCUT2D eigenvalue weighted by Gasteiger charge is 2.08. The van der Waals surface area contributed by atoms with Gasteiger partial charge in [-0.05, 0) is 29.8 Å². The van der Waals surface area contributed by atoms with Crippen molar-refractivity contribution in [3.8, 4) is 17.0 Å². The normalized spacial score (nSPS) is 10.8. The minimum Gasteiger partial charge on any atom is -0.497 e. The Balaban J connectivity index is 1.55. The summed E-state index contributed by atoms with van der Waals surface area (Å²) in [5.41, 5.74) is 3.87. The summed E-state index contributed by atoms with van der Waals surface area (Å²) >= 11 is 0. The molecule has 4 aromatic rings. The molecule has 124 valence electrons. The van der Waals surface area contributed by atoms with Crippen LogP contribution in [0, 0.1) is 0 Å². The van der Waals surface area contributed by atoms with E-state index < -0.39 is 0 Å². The van der Waals surface area contributed by atoms with Crippen molar-refractivity contribution in [2.45, 2.75) is 6.54 Å². The molecule has 6 heteroatoms. The summed E-state index contributed by atoms with van der Waals surface area (Å²) in [6.45, 7) is 0.676. The second kappa shape index (κ2) is 6.60. The third-order valence-electron chi connectivity index (χ3n) is 4.03. The van der Waals surface area contributed by atoms with Crippen LogP contribution in [0.2, 0.25) is 0 Å². The highest BCUT2D eigenvalue weighted by molar-refractivity contribution is 5.92. The number of hydrogen-bond donors (Lipinski definition) is 2. The summed E-state index contributed by atoms with van der Waals surface area (Å²) in [6, 6.07) is 13.8. The summed E-state index contributed by atoms with van der Waals surface area (Å²) in [4.78, 5) is 16.2. The van der Waals surface area contributed by atoms with E-state index in [4.69, 9.17) is 4.74 Å². The van der Waals surface area contributed by atoms with Crippen molar-refractivity contribution in [3.05, 3.63) is 66.7 Å². The van der Waals surface area contributed by atoms with E-state index in [0.29, 0.717) is 6.54 Å². The molecule has 0 bridgehead atoms. The van der Waals surface area contributed by atoms with Crippen LogP contribution in [0.15, 0.2) is 61.2 Å². The number of fused-ring (bicyclic) bond motifs is 1. The molecule has 3 aromatic heterocycles. The zero-order valence-corrected chi connectivity index (χ0v) is 13.7. The van der Waals surface area contributed by atoms with Crippen molar-refractivity contribution in [2.75, 3.05) is 12.4 Å². The lowest BCUT2D eigenvalue weighted by molar-refractivity contribution is 0.414. The number of methoxy groups -OCH3 is 1. The first-order valence-electron chi connectivity index (χ1n) is 7.95. The molecule has 3 heterocycles. The lowest BCUT2D eigenvalue weighted by Gasteiger charge is -2.07. The standard InChI is InChI=1S/C19H17N5O/c1-25-14-6-4-13(5-7-14)10-21-18-9-17(23-12-24-18)16-11-22-19-15(16)3-2-8-20-19/h2-9,11-12H,10H2,1H3,(H,20,22)(H,21,23,24). The van der Waals surface area contributed by atoms with Crippen molar-refractivity contribution in [2.24, 2.45) is 0 Å². The fourth-order valence-electron chi connectivity index (χ4n) is 2.71. The van der Waals surface area contributed by atoms with E-state index >= 15 is 0 Å². The monoisotopic (exact) mass is 331 g/mol. The second-order valence-electron chi connectivity index (χ2n) is 5.59. The van der Waals surface area contributed by atoms with Gasteiger partial charge in [-0.1, -0.05) is 12.1 Å². The van der Waals surface area contributed by atoms with Gasteiger partial charge in [-0.15, -0.1) is 0 Å². The fraction of sp³-hybridized carbons (Fsp3) is 0.105. The molecule has 0 aliphatic rings. The van der Waals surface area contributed by atoms with Gasteiger partial charge in [0.05, 0.1) is 12.8 Å². The topological polar surface area (TPSA) is 75.7 Å². The van der Waals surface area contributed by atoms with Gasteiger partial charge in [0.25, 0.3) is 0 Å². The Morgan fingerprint density at radius 3 is 2.80 bits per heavy atom. The number of aromatic amines is 1. The van der Waals surface area contributed by atoms with Crippen LogP contribution in [0.3, 0.4) is 0 Å². The van der Waals surface area contributed by atoms with E-state index in [1.54, 1.807) is 19.6 Å². The van der Waals surface area contributed by atoms with Crippen molar-refractivity contribution in [1.82, 2.24) is 19.9 Å². The number of benzene rings is 1. The molecular formula is C19H17N5O. The van der Waals surface area contributed by atoms with Gasteiger partial charge in [0, 0.05) is 36.0 Å². The number of aromatic nitrogens is 4. The predicted molar refractivity (Wildman–Crippen MR) is 97.4 cm³/mol. The molecule has 0 atom stereocenters. The molecule has 0 saturated carbocycles. The van der Waals surface area contributed by atoms with Crippen LogP contribution in [0.4, 0.5) is 5.82 Å². The first-order chi connectivity index (χ1) is 12.3. The molecular weight excluding hydrogens is 314 g/mol. The van der Waals surface area contributed by atoms with Gasteiger partial charge in [0.1, 0.15) is 23.5 Å². The zero-order chi connectivity index (χ0) is 17.1. The molecule has 2 N–H and O–H groups in total. The fourth-order valence-corrected chi connectivity index (χ4v) is 2.71. The highest BCUT2D eigenvalue weighted by atomic mass is 16.5. The average Bonchev–Trinajstić information content (AvgIpc) is 3.11. The van der Waals surface area contributed by atoms with Gasteiger partial charge in [-0.2, -0.15) is 0 Å². The zero-order valence-electron chi connectivity index (χ0n) is 13.7. The third kappa shape index (κ3) is 3.14. The largest absolute Gasteiger partial charge is 0.497 e. The predicted octanol–water partition coefficient (Wildman–Crippen LogP) is 3.64. The maximum absolute atomic E-state index is 5.18. The van der Waals surface area contributed by atoms with E-state index in [0.717, 1.165) is 39.4 Å². The van der Waals surface area contributed by atoms with Crippen LogP contribution in [0.1, 0.15) is 5.56 Å². The lowest BCUT2D eigenvalue weighted by Crippen LogP contribution is -2.02. The Labute approximate surface area is 144 Å². The van der Waals surface area contributed by atoms with Gasteiger partial charge in [0.15, 0.2) is 0 Å². The van der Waals surface area contributed by atoms with E-state index in [1.165, 1.54) is 0 Å². The van der Waals surface area contributed by atoms with Crippen LogP contribution in [-0.4, -0.2) is 27.0 Å². The van der Waals surface area contributed by atoms with Crippen LogP contribution in [0.5, 0.6) is 5.75 Å². The molecule has 4 rings (SSSR count). The molecule has 0 fully saturated rings. The van der Waals surface area contributed by atoms with Gasteiger partial charge in [-0.3, -0.25) is 0 Å². The molecule has 0 spiro atoms. The third-order valence-corrected chi connectivity index (χ3v) is 4.03. The quantitative estimate of drug-likeness (QED) is 0.584. The van der Waals surface area contributed by atoms with Crippen LogP contribution < -0.4 is 10.1 Å². The molecule has 0 aliphatic carbocycles. The molecule has 0 unspecified atom stereocenters. The summed E-state index contributed by atoms with van der Waals surface area (Å²) < 4.78 is 5.18. The number of nitrogens with zero attached hydrogens (tertiary/aromatic N) is 3. The number of pyridine rings is 1. The van der Waals surface area contributed by atoms with Crippen LogP contribution in [0.25, 0.3) is 22.3 Å². The van der Waals surface area contributed by atoms with Gasteiger partial charge in [0.2, 0.25) is 0 Å². The molecule has 25 heavy (non-hydrogen) atoms. The minimum absolute atomic E-state index is 0.676. The Kier molecular flexibility index (Phi) is 4.00. The summed E-state index contributed by atoms with van der Waals surface area (Å²) in [7, 11) is 1.66. The maximum Gasteiger partial charge on any atom is 0.137 e. The first kappa shape index (κ1) is 15.1. The number of ether oxygens (including phenoxy) is 1. The smallest absolute Gasteiger partial charge is 0.137 e. The van der Waals surface area contributed by atoms with Gasteiger partial charge in [-0.25, -0.2) is 15.0 Å². The van der Waals surface area contributed by atoms with E-state index in [1.807, 2.05) is 48.7 Å². The Bertz CT molecular complexity index is 994. The molecule has 0 aliphatic heterocycles. The molecule has 0 amide bonds. The van der Waals surface area contributed by atoms with Crippen LogP contribution in [-0.2, 0) is 6.54 Å². The van der Waals surface area contributed by atoms with Crippen molar-refractivity contribution in [1.29, 1.82) is 0 Å². The van der Waals surface area contributed by atoms with Gasteiger partial charge < -0.3 is 15.0 Å². The average molecular weight is 331 g/mol. The van der Waals surface area contributed by atoms with E-state index in [9.17, 15) is 0 Å². The summed E-state index contributed by atoms with van der Waals surface area (Å²) in [6.07, 6.45) is 5.26. The molecule has 6 nitrogen and oxygen atoms in total. The molecule has 0 radical (unpaired) electrons. The van der Waals surface area contributed by atoms with E-state index in [-0.39, 0.29) is 0 Å². The van der Waals surface area contributed by atoms with Gasteiger partial charge >= 0.3 is 0 Å². The van der Waals surface area contributed by atoms with Crippen LogP contribution >= 0.6 is 0 Å². The Hall–Kier alpha value is -3.41. The lowest BCUT2D eigenvalue weighted by atomic mass is 10.1. The maximum atomic E-state index is 5.18. The number of anilines is 1. The number of nitrogens with one attached hydrogen (secondary N) is 2. The number of hydrogen-bond acceptors (Lipinski definition) is 5. The van der Waals surface area contributed by atoms with Crippen molar-refractivity contribution < 1.29 is 4.74 Å². The highest BCUT2D eigenvalue weighted by Crippen LogP contribution is 2.26. The SMILES string of the molecule is COc1ccc(CNc2cc(-c3c[nH]c4ncccc34)ncn2)cc1. The summed E-state index contributed by atoms with van der Waals surface area (Å²) in [5.74, 6) is 1.63.